The molecule has 0 spiro atoms. The summed E-state index contributed by atoms with van der Waals surface area (Å²) in [5.74, 6) is 1.02. The maximum absolute atomic E-state index is 12.5. The summed E-state index contributed by atoms with van der Waals surface area (Å²) in [5, 5.41) is 0. The van der Waals surface area contributed by atoms with Crippen molar-refractivity contribution in [1.29, 1.82) is 0 Å². The van der Waals surface area contributed by atoms with E-state index >= 15 is 0 Å². The Morgan fingerprint density at radius 1 is 0.931 bits per heavy atom. The molecule has 2 aromatic rings. The van der Waals surface area contributed by atoms with Crippen LogP contribution in [0.2, 0.25) is 18.1 Å². The molecule has 1 heterocycles. The van der Waals surface area contributed by atoms with E-state index in [0.29, 0.717) is 17.2 Å². The van der Waals surface area contributed by atoms with Crippen LogP contribution in [0.5, 0.6) is 5.75 Å². The van der Waals surface area contributed by atoms with E-state index in [1.807, 2.05) is 24.3 Å². The first-order chi connectivity index (χ1) is 14.2. The van der Waals surface area contributed by atoms with Crippen LogP contribution in [-0.4, -0.2) is 14.8 Å². The molecule has 0 N–H and O–H groups in total. The second kappa shape index (κ2) is 11.3. The maximum Gasteiger partial charge on any atom is 0.343 e. The minimum absolute atomic E-state index is 0.0780. The van der Waals surface area contributed by atoms with E-state index in [9.17, 15) is 4.79 Å². The molecule has 3 rings (SSSR count). The lowest BCUT2D eigenvalue weighted by Crippen LogP contribution is -2.20. The fraction of sp³-hybridized carbons (Fsp3) is 0.500. The highest BCUT2D eigenvalue weighted by Crippen LogP contribution is 2.35. The van der Waals surface area contributed by atoms with Crippen LogP contribution in [0.1, 0.15) is 79.8 Å². The zero-order valence-electron chi connectivity index (χ0n) is 18.1. The number of aryl methyl sites for hydroxylation is 1. The molecule has 2 nitrogen and oxygen atoms in total. The van der Waals surface area contributed by atoms with E-state index in [1.165, 1.54) is 67.8 Å². The summed E-state index contributed by atoms with van der Waals surface area (Å²) < 4.78 is 5.57. The molecule has 0 aliphatic carbocycles. The molecular formula is C26H35O2Si. The predicted octanol–water partition coefficient (Wildman–Crippen LogP) is 7.42. The molecule has 0 bridgehead atoms. The van der Waals surface area contributed by atoms with Gasteiger partial charge in [-0.3, -0.25) is 0 Å². The zero-order chi connectivity index (χ0) is 20.5. The van der Waals surface area contributed by atoms with Crippen molar-refractivity contribution in [2.75, 3.05) is 0 Å². The van der Waals surface area contributed by atoms with Gasteiger partial charge in [0, 0.05) is 8.80 Å². The fourth-order valence-corrected chi connectivity index (χ4v) is 7.29. The lowest BCUT2D eigenvalue weighted by atomic mass is 9.93. The third kappa shape index (κ3) is 6.57. The summed E-state index contributed by atoms with van der Waals surface area (Å²) in [6, 6.07) is 20.5. The van der Waals surface area contributed by atoms with Crippen LogP contribution in [-0.2, 0) is 6.42 Å². The van der Waals surface area contributed by atoms with Gasteiger partial charge >= 0.3 is 5.97 Å². The van der Waals surface area contributed by atoms with Gasteiger partial charge in [-0.25, -0.2) is 4.79 Å². The first kappa shape index (κ1) is 21.8. The fourth-order valence-electron chi connectivity index (χ4n) is 4.32. The molecule has 1 radical (unpaired) electrons. The van der Waals surface area contributed by atoms with Gasteiger partial charge in [-0.05, 0) is 67.0 Å². The average Bonchev–Trinajstić information content (AvgIpc) is 2.76. The van der Waals surface area contributed by atoms with Crippen molar-refractivity contribution in [2.24, 2.45) is 0 Å². The second-order valence-electron chi connectivity index (χ2n) is 8.39. The van der Waals surface area contributed by atoms with Gasteiger partial charge in [0.15, 0.2) is 0 Å². The van der Waals surface area contributed by atoms with Crippen molar-refractivity contribution in [3.8, 4) is 5.75 Å². The third-order valence-corrected chi connectivity index (χ3v) is 9.32. The quantitative estimate of drug-likeness (QED) is 0.187. The van der Waals surface area contributed by atoms with Crippen LogP contribution in [0, 0.1) is 0 Å². The van der Waals surface area contributed by atoms with Gasteiger partial charge in [-0.2, -0.15) is 0 Å². The predicted molar refractivity (Wildman–Crippen MR) is 124 cm³/mol. The molecule has 0 unspecified atom stereocenters. The minimum atomic E-state index is -0.271. The summed E-state index contributed by atoms with van der Waals surface area (Å²) in [7, 11) is -0.0780. The molecule has 3 heteroatoms. The van der Waals surface area contributed by atoms with E-state index in [1.54, 1.807) is 0 Å². The highest BCUT2D eigenvalue weighted by molar-refractivity contribution is 6.59. The van der Waals surface area contributed by atoms with Crippen molar-refractivity contribution in [3.05, 3.63) is 65.2 Å². The molecule has 29 heavy (non-hydrogen) atoms. The maximum atomic E-state index is 12.5. The second-order valence-corrected chi connectivity index (χ2v) is 11.4. The van der Waals surface area contributed by atoms with Gasteiger partial charge in [0.05, 0.1) is 5.56 Å². The Hall–Kier alpha value is -1.87. The van der Waals surface area contributed by atoms with Gasteiger partial charge < -0.3 is 4.74 Å². The number of esters is 1. The first-order valence-corrected chi connectivity index (χ1v) is 13.6. The Kier molecular flexibility index (Phi) is 8.54. The largest absolute Gasteiger partial charge is 0.423 e. The highest BCUT2D eigenvalue weighted by Gasteiger charge is 2.23. The Bertz CT molecular complexity index is 743. The monoisotopic (exact) mass is 407 g/mol. The van der Waals surface area contributed by atoms with Gasteiger partial charge in [0.2, 0.25) is 0 Å². The molecule has 0 saturated carbocycles. The first-order valence-electron chi connectivity index (χ1n) is 11.4. The van der Waals surface area contributed by atoms with E-state index in [0.717, 1.165) is 6.42 Å². The molecule has 1 aliphatic heterocycles. The standard InChI is InChI=1S/C26H35O2Si/c1-3-5-6-7-21-8-14-25(15-9-21)28-26(27)24-12-10-22(11-13-24)23-16-19-29(18-4-2)20-17-23/h8-15,23H,3-7,16-20H2,1-2H3. The number of carbonyl (C=O) groups excluding carboxylic acids is 1. The lowest BCUT2D eigenvalue weighted by Gasteiger charge is -2.27. The van der Waals surface area contributed by atoms with E-state index in [2.05, 4.69) is 38.1 Å². The van der Waals surface area contributed by atoms with Crippen LogP contribution in [0.15, 0.2) is 48.5 Å². The zero-order valence-corrected chi connectivity index (χ0v) is 19.1. The molecule has 1 aliphatic rings. The number of hydrogen-bond acceptors (Lipinski definition) is 2. The summed E-state index contributed by atoms with van der Waals surface area (Å²) in [5.41, 5.74) is 3.32. The Morgan fingerprint density at radius 3 is 2.24 bits per heavy atom. The summed E-state index contributed by atoms with van der Waals surface area (Å²) in [4.78, 5) is 12.5. The number of ether oxygens (including phenoxy) is 1. The lowest BCUT2D eigenvalue weighted by molar-refractivity contribution is 0.0734. The molecule has 0 aromatic heterocycles. The van der Waals surface area contributed by atoms with E-state index in [-0.39, 0.29) is 14.8 Å². The van der Waals surface area contributed by atoms with Crippen LogP contribution in [0.4, 0.5) is 0 Å². The van der Waals surface area contributed by atoms with Crippen molar-refractivity contribution < 1.29 is 9.53 Å². The van der Waals surface area contributed by atoms with E-state index < -0.39 is 0 Å². The summed E-state index contributed by atoms with van der Waals surface area (Å²) in [6.45, 7) is 4.53. The number of unbranched alkanes of at least 4 members (excludes halogenated alkanes) is 2. The molecule has 1 fully saturated rings. The van der Waals surface area contributed by atoms with Crippen molar-refractivity contribution in [3.63, 3.8) is 0 Å². The van der Waals surface area contributed by atoms with Crippen molar-refractivity contribution in [2.45, 2.75) is 82.8 Å². The Labute approximate surface area is 178 Å². The smallest absolute Gasteiger partial charge is 0.343 e. The van der Waals surface area contributed by atoms with Crippen LogP contribution in [0.3, 0.4) is 0 Å². The topological polar surface area (TPSA) is 26.3 Å². The summed E-state index contributed by atoms with van der Waals surface area (Å²) in [6.07, 6.45) is 8.78. The van der Waals surface area contributed by atoms with Gasteiger partial charge in [-0.15, -0.1) is 0 Å². The Balaban J connectivity index is 1.51. The molecule has 0 atom stereocenters. The molecule has 0 amide bonds. The average molecular weight is 408 g/mol. The molecular weight excluding hydrogens is 372 g/mol. The third-order valence-electron chi connectivity index (χ3n) is 6.12. The van der Waals surface area contributed by atoms with E-state index in [4.69, 9.17) is 4.74 Å². The SMILES string of the molecule is CCCCCc1ccc(OC(=O)c2ccc(C3CC[Si](CCC)CC3)cc2)cc1. The number of hydrogen-bond donors (Lipinski definition) is 0. The van der Waals surface area contributed by atoms with Gasteiger partial charge in [-0.1, -0.05) is 75.5 Å². The van der Waals surface area contributed by atoms with Gasteiger partial charge in [0.25, 0.3) is 0 Å². The minimum Gasteiger partial charge on any atom is -0.423 e. The number of carbonyl (C=O) groups is 1. The molecule has 1 saturated heterocycles. The van der Waals surface area contributed by atoms with Crippen molar-refractivity contribution in [1.82, 2.24) is 0 Å². The van der Waals surface area contributed by atoms with Crippen molar-refractivity contribution >= 4 is 14.8 Å². The molecule has 155 valence electrons. The Morgan fingerprint density at radius 2 is 1.62 bits per heavy atom. The highest BCUT2D eigenvalue weighted by atomic mass is 28.3. The normalized spacial score (nSPS) is 15.4. The molecule has 2 aromatic carbocycles. The number of rotatable bonds is 9. The van der Waals surface area contributed by atoms with Crippen LogP contribution in [0.25, 0.3) is 0 Å². The summed E-state index contributed by atoms with van der Waals surface area (Å²) >= 11 is 0. The van der Waals surface area contributed by atoms with Crippen LogP contribution < -0.4 is 4.74 Å². The van der Waals surface area contributed by atoms with Crippen LogP contribution >= 0.6 is 0 Å². The number of benzene rings is 2. The van der Waals surface area contributed by atoms with Gasteiger partial charge in [0.1, 0.15) is 5.75 Å².